The van der Waals surface area contributed by atoms with Gasteiger partial charge in [0.05, 0.1) is 0 Å². The number of carbonyl (C=O) groups excluding carboxylic acids is 1. The van der Waals surface area contributed by atoms with Crippen LogP contribution < -0.4 is 5.32 Å². The van der Waals surface area contributed by atoms with Crippen molar-refractivity contribution in [3.8, 4) is 0 Å². The number of nitrogens with one attached hydrogen (secondary N) is 1. The van der Waals surface area contributed by atoms with Crippen LogP contribution in [0.25, 0.3) is 0 Å². The van der Waals surface area contributed by atoms with Crippen molar-refractivity contribution in [2.24, 2.45) is 7.05 Å². The average molecular weight is 249 g/mol. The van der Waals surface area contributed by atoms with E-state index in [9.17, 15) is 18.0 Å². The predicted octanol–water partition coefficient (Wildman–Crippen LogP) is 1.97. The maximum Gasteiger partial charge on any atom is 0.435 e. The quantitative estimate of drug-likeness (QED) is 0.829. The molecule has 7 heteroatoms. The second kappa shape index (κ2) is 5.20. The summed E-state index contributed by atoms with van der Waals surface area (Å²) in [6.07, 6.45) is -2.84. The SMILES string of the molecule is CCCCNC(=O)c1cc(C(F)(F)F)nn1C. The first kappa shape index (κ1) is 13.5. The molecular weight excluding hydrogens is 235 g/mol. The molecule has 1 heterocycles. The molecule has 0 fully saturated rings. The van der Waals surface area contributed by atoms with Crippen molar-refractivity contribution in [3.63, 3.8) is 0 Å². The molecule has 0 atom stereocenters. The van der Waals surface area contributed by atoms with Gasteiger partial charge in [-0.05, 0) is 6.42 Å². The first-order chi connectivity index (χ1) is 7.86. The minimum atomic E-state index is -4.53. The molecule has 0 spiro atoms. The van der Waals surface area contributed by atoms with E-state index < -0.39 is 17.8 Å². The minimum Gasteiger partial charge on any atom is -0.351 e. The Kier molecular flexibility index (Phi) is 4.14. The molecule has 1 N–H and O–H groups in total. The lowest BCUT2D eigenvalue weighted by molar-refractivity contribution is -0.141. The fourth-order valence-corrected chi connectivity index (χ4v) is 1.29. The van der Waals surface area contributed by atoms with Gasteiger partial charge in [0, 0.05) is 19.7 Å². The molecule has 1 rings (SSSR count). The lowest BCUT2D eigenvalue weighted by Crippen LogP contribution is -2.26. The minimum absolute atomic E-state index is 0.0894. The Balaban J connectivity index is 2.77. The molecule has 0 bridgehead atoms. The number of aromatic nitrogens is 2. The second-order valence-electron chi connectivity index (χ2n) is 3.65. The summed E-state index contributed by atoms with van der Waals surface area (Å²) in [6.45, 7) is 2.40. The first-order valence-corrected chi connectivity index (χ1v) is 5.25. The highest BCUT2D eigenvalue weighted by Gasteiger charge is 2.35. The number of hydrogen-bond donors (Lipinski definition) is 1. The van der Waals surface area contributed by atoms with Crippen LogP contribution in [0, 0.1) is 0 Å². The molecule has 96 valence electrons. The van der Waals surface area contributed by atoms with Crippen molar-refractivity contribution in [1.29, 1.82) is 0 Å². The van der Waals surface area contributed by atoms with E-state index in [1.807, 2.05) is 6.92 Å². The van der Waals surface area contributed by atoms with Gasteiger partial charge < -0.3 is 5.32 Å². The number of unbranched alkanes of at least 4 members (excludes halogenated alkanes) is 1. The van der Waals surface area contributed by atoms with Gasteiger partial charge in [-0.25, -0.2) is 0 Å². The van der Waals surface area contributed by atoms with E-state index in [0.29, 0.717) is 6.54 Å². The summed E-state index contributed by atoms with van der Waals surface area (Å²) < 4.78 is 38.0. The Labute approximate surface area is 96.8 Å². The zero-order chi connectivity index (χ0) is 13.1. The van der Waals surface area contributed by atoms with E-state index >= 15 is 0 Å². The smallest absolute Gasteiger partial charge is 0.351 e. The van der Waals surface area contributed by atoms with Crippen LogP contribution in [0.4, 0.5) is 13.2 Å². The molecule has 17 heavy (non-hydrogen) atoms. The monoisotopic (exact) mass is 249 g/mol. The third-order valence-electron chi connectivity index (χ3n) is 2.22. The highest BCUT2D eigenvalue weighted by Crippen LogP contribution is 2.28. The number of halogens is 3. The normalized spacial score (nSPS) is 11.6. The third kappa shape index (κ3) is 3.47. The van der Waals surface area contributed by atoms with Gasteiger partial charge in [0.25, 0.3) is 5.91 Å². The molecule has 0 radical (unpaired) electrons. The Morgan fingerprint density at radius 1 is 1.53 bits per heavy atom. The zero-order valence-electron chi connectivity index (χ0n) is 9.64. The number of rotatable bonds is 4. The van der Waals surface area contributed by atoms with Gasteiger partial charge in [-0.3, -0.25) is 9.48 Å². The molecule has 1 aromatic rings. The van der Waals surface area contributed by atoms with Gasteiger partial charge in [0.1, 0.15) is 5.69 Å². The van der Waals surface area contributed by atoms with Gasteiger partial charge in [-0.2, -0.15) is 18.3 Å². The Morgan fingerprint density at radius 3 is 2.65 bits per heavy atom. The molecule has 0 aliphatic rings. The molecule has 0 unspecified atom stereocenters. The molecule has 0 aromatic carbocycles. The second-order valence-corrected chi connectivity index (χ2v) is 3.65. The lowest BCUT2D eigenvalue weighted by atomic mass is 10.3. The number of carbonyl (C=O) groups is 1. The summed E-state index contributed by atoms with van der Waals surface area (Å²) in [7, 11) is 1.31. The van der Waals surface area contributed by atoms with Crippen LogP contribution >= 0.6 is 0 Å². The molecule has 0 saturated carbocycles. The molecule has 0 aliphatic carbocycles. The van der Waals surface area contributed by atoms with Crippen LogP contribution in [0.15, 0.2) is 6.07 Å². The third-order valence-corrected chi connectivity index (χ3v) is 2.22. The van der Waals surface area contributed by atoms with Crippen LogP contribution in [-0.4, -0.2) is 22.2 Å². The fraction of sp³-hybridized carbons (Fsp3) is 0.600. The highest BCUT2D eigenvalue weighted by molar-refractivity contribution is 5.92. The van der Waals surface area contributed by atoms with Gasteiger partial charge in [-0.1, -0.05) is 13.3 Å². The van der Waals surface area contributed by atoms with E-state index in [-0.39, 0.29) is 5.69 Å². The number of alkyl halides is 3. The van der Waals surface area contributed by atoms with Crippen molar-refractivity contribution >= 4 is 5.91 Å². The number of hydrogen-bond acceptors (Lipinski definition) is 2. The van der Waals surface area contributed by atoms with Crippen molar-refractivity contribution in [2.45, 2.75) is 25.9 Å². The topological polar surface area (TPSA) is 46.9 Å². The van der Waals surface area contributed by atoms with Gasteiger partial charge in [0.2, 0.25) is 0 Å². The average Bonchev–Trinajstić information content (AvgIpc) is 2.60. The van der Waals surface area contributed by atoms with Gasteiger partial charge >= 0.3 is 6.18 Å². The molecule has 1 amide bonds. The van der Waals surface area contributed by atoms with E-state index in [1.165, 1.54) is 7.05 Å². The maximum absolute atomic E-state index is 12.3. The van der Waals surface area contributed by atoms with Crippen molar-refractivity contribution in [2.75, 3.05) is 6.54 Å². The molecule has 4 nitrogen and oxygen atoms in total. The van der Waals surface area contributed by atoms with Crippen LogP contribution in [0.5, 0.6) is 0 Å². The van der Waals surface area contributed by atoms with E-state index in [0.717, 1.165) is 23.6 Å². The maximum atomic E-state index is 12.3. The molecule has 0 aliphatic heterocycles. The van der Waals surface area contributed by atoms with Crippen LogP contribution in [0.1, 0.15) is 35.9 Å². The van der Waals surface area contributed by atoms with Gasteiger partial charge in [0.15, 0.2) is 5.69 Å². The van der Waals surface area contributed by atoms with Crippen molar-refractivity contribution in [3.05, 3.63) is 17.5 Å². The summed E-state index contributed by atoms with van der Waals surface area (Å²) in [5.74, 6) is -0.538. The van der Waals surface area contributed by atoms with E-state index in [4.69, 9.17) is 0 Å². The highest BCUT2D eigenvalue weighted by atomic mass is 19.4. The summed E-state index contributed by atoms with van der Waals surface area (Å²) in [5.41, 5.74) is -1.14. The first-order valence-electron chi connectivity index (χ1n) is 5.25. The summed E-state index contributed by atoms with van der Waals surface area (Å²) in [6, 6.07) is 0.751. The lowest BCUT2D eigenvalue weighted by Gasteiger charge is -2.03. The molecular formula is C10H14F3N3O. The Bertz CT molecular complexity index is 398. The van der Waals surface area contributed by atoms with Crippen LogP contribution in [0.3, 0.4) is 0 Å². The van der Waals surface area contributed by atoms with Crippen molar-refractivity contribution < 1.29 is 18.0 Å². The van der Waals surface area contributed by atoms with E-state index in [2.05, 4.69) is 10.4 Å². The zero-order valence-corrected chi connectivity index (χ0v) is 9.64. The number of amides is 1. The largest absolute Gasteiger partial charge is 0.435 e. The standard InChI is InChI=1S/C10H14F3N3O/c1-3-4-5-14-9(17)7-6-8(10(11,12)13)15-16(7)2/h6H,3-5H2,1-2H3,(H,14,17). The number of aryl methyl sites for hydroxylation is 1. The van der Waals surface area contributed by atoms with Crippen molar-refractivity contribution in [1.82, 2.24) is 15.1 Å². The van der Waals surface area contributed by atoms with Gasteiger partial charge in [-0.15, -0.1) is 0 Å². The van der Waals surface area contributed by atoms with Crippen LogP contribution in [0.2, 0.25) is 0 Å². The Hall–Kier alpha value is -1.53. The Morgan fingerprint density at radius 2 is 2.18 bits per heavy atom. The fourth-order valence-electron chi connectivity index (χ4n) is 1.29. The molecule has 1 aromatic heterocycles. The molecule has 0 saturated heterocycles. The number of nitrogens with zero attached hydrogens (tertiary/aromatic N) is 2. The summed E-state index contributed by atoms with van der Waals surface area (Å²) >= 11 is 0. The van der Waals surface area contributed by atoms with Crippen LogP contribution in [-0.2, 0) is 13.2 Å². The van der Waals surface area contributed by atoms with E-state index in [1.54, 1.807) is 0 Å². The predicted molar refractivity (Wildman–Crippen MR) is 55.5 cm³/mol. The summed E-state index contributed by atoms with van der Waals surface area (Å²) in [4.78, 5) is 11.5. The summed E-state index contributed by atoms with van der Waals surface area (Å²) in [5, 5.41) is 5.80.